The van der Waals surface area contributed by atoms with E-state index < -0.39 is 10.0 Å². The number of benzene rings is 2. The minimum Gasteiger partial charge on any atom is -0.339 e. The van der Waals surface area contributed by atoms with Gasteiger partial charge in [-0.25, -0.2) is 13.1 Å². The van der Waals surface area contributed by atoms with E-state index in [2.05, 4.69) is 9.82 Å². The average Bonchev–Trinajstić information content (AvgIpc) is 3.10. The summed E-state index contributed by atoms with van der Waals surface area (Å²) in [5.41, 5.74) is 4.44. The fourth-order valence-electron chi connectivity index (χ4n) is 3.58. The molecule has 8 heteroatoms. The van der Waals surface area contributed by atoms with Crippen molar-refractivity contribution in [1.82, 2.24) is 19.4 Å². The van der Waals surface area contributed by atoms with Crippen LogP contribution in [0.3, 0.4) is 0 Å². The molecule has 170 valence electrons. The molecule has 1 N–H and O–H groups in total. The Balaban J connectivity index is 1.67. The van der Waals surface area contributed by atoms with Crippen LogP contribution >= 0.6 is 0 Å². The highest BCUT2D eigenvalue weighted by Gasteiger charge is 2.17. The summed E-state index contributed by atoms with van der Waals surface area (Å²) in [6.07, 6.45) is 0. The van der Waals surface area contributed by atoms with Crippen LogP contribution in [0.5, 0.6) is 0 Å². The van der Waals surface area contributed by atoms with Crippen molar-refractivity contribution in [3.8, 4) is 0 Å². The maximum Gasteiger partial charge on any atom is 0.253 e. The summed E-state index contributed by atoms with van der Waals surface area (Å²) in [5.74, 6) is -0.105. The van der Waals surface area contributed by atoms with Crippen LogP contribution < -0.4 is 4.72 Å². The zero-order valence-electron chi connectivity index (χ0n) is 19.0. The lowest BCUT2D eigenvalue weighted by molar-refractivity contribution is 0.0773. The lowest BCUT2D eigenvalue weighted by atomic mass is 10.1. The summed E-state index contributed by atoms with van der Waals surface area (Å²) in [6, 6.07) is 15.9. The Morgan fingerprint density at radius 1 is 1.00 bits per heavy atom. The molecule has 0 atom stereocenters. The summed E-state index contributed by atoms with van der Waals surface area (Å²) < 4.78 is 30.0. The van der Waals surface area contributed by atoms with Gasteiger partial charge in [0.2, 0.25) is 10.0 Å². The number of aromatic nitrogens is 2. The lowest BCUT2D eigenvalue weighted by Gasteiger charge is -2.18. The first-order valence-electron chi connectivity index (χ1n) is 10.7. The first kappa shape index (κ1) is 23.7. The Bertz CT molecular complexity index is 1180. The molecule has 0 aliphatic rings. The predicted molar refractivity (Wildman–Crippen MR) is 125 cm³/mol. The van der Waals surface area contributed by atoms with Crippen molar-refractivity contribution >= 4 is 15.9 Å². The number of hydrogen-bond donors (Lipinski definition) is 1. The van der Waals surface area contributed by atoms with Crippen molar-refractivity contribution in [2.45, 2.75) is 45.7 Å². The van der Waals surface area contributed by atoms with Gasteiger partial charge in [-0.05, 0) is 69.2 Å². The topological polar surface area (TPSA) is 84.3 Å². The van der Waals surface area contributed by atoms with Crippen LogP contribution in [0.2, 0.25) is 0 Å². The molecule has 0 saturated carbocycles. The first-order chi connectivity index (χ1) is 15.2. The van der Waals surface area contributed by atoms with Gasteiger partial charge in [-0.2, -0.15) is 5.10 Å². The molecule has 1 heterocycles. The summed E-state index contributed by atoms with van der Waals surface area (Å²) in [5, 5.41) is 4.48. The van der Waals surface area contributed by atoms with Crippen molar-refractivity contribution in [3.05, 3.63) is 82.7 Å². The smallest absolute Gasteiger partial charge is 0.253 e. The third-order valence-electron chi connectivity index (χ3n) is 5.36. The predicted octanol–water partition coefficient (Wildman–Crippen LogP) is 3.51. The second-order valence-corrected chi connectivity index (χ2v) is 9.50. The zero-order valence-corrected chi connectivity index (χ0v) is 19.8. The van der Waals surface area contributed by atoms with Crippen molar-refractivity contribution in [1.29, 1.82) is 0 Å². The molecule has 3 aromatic rings. The Kier molecular flexibility index (Phi) is 7.48. The van der Waals surface area contributed by atoms with E-state index in [-0.39, 0.29) is 17.3 Å². The number of rotatable bonds is 9. The summed E-state index contributed by atoms with van der Waals surface area (Å²) in [4.78, 5) is 14.2. The molecule has 1 amide bonds. The van der Waals surface area contributed by atoms with E-state index in [4.69, 9.17) is 0 Å². The molecule has 2 aromatic carbocycles. The number of hydrogen-bond acceptors (Lipinski definition) is 4. The van der Waals surface area contributed by atoms with Crippen molar-refractivity contribution < 1.29 is 13.2 Å². The molecule has 0 bridgehead atoms. The van der Waals surface area contributed by atoms with Gasteiger partial charge in [0.05, 0.1) is 17.1 Å². The second-order valence-electron chi connectivity index (χ2n) is 7.73. The SMILES string of the molecule is CCN(CC)C(=O)c1ccc(S(=O)(=O)NCc2cccc(Cn3nc(C)cc3C)c2)cc1. The molecule has 0 spiro atoms. The number of aryl methyl sites for hydroxylation is 2. The molecular formula is C24H30N4O3S. The van der Waals surface area contributed by atoms with Gasteiger partial charge in [0.1, 0.15) is 0 Å². The van der Waals surface area contributed by atoms with Crippen LogP contribution in [-0.2, 0) is 23.1 Å². The standard InChI is InChI=1S/C24H30N4O3S/c1-5-27(6-2)24(29)22-10-12-23(13-11-22)32(30,31)25-16-20-8-7-9-21(15-20)17-28-19(4)14-18(3)26-28/h7-15,25H,5-6,16-17H2,1-4H3. The Morgan fingerprint density at radius 3 is 2.25 bits per heavy atom. The highest BCUT2D eigenvalue weighted by molar-refractivity contribution is 7.89. The van der Waals surface area contributed by atoms with Crippen molar-refractivity contribution in [2.24, 2.45) is 0 Å². The van der Waals surface area contributed by atoms with E-state index in [0.717, 1.165) is 22.5 Å². The molecule has 0 radical (unpaired) electrons. The monoisotopic (exact) mass is 454 g/mol. The fraction of sp³-hybridized carbons (Fsp3) is 0.333. The van der Waals surface area contributed by atoms with Gasteiger partial charge in [0.15, 0.2) is 0 Å². The molecule has 0 fully saturated rings. The Morgan fingerprint density at radius 2 is 1.66 bits per heavy atom. The first-order valence-corrected chi connectivity index (χ1v) is 12.2. The third kappa shape index (κ3) is 5.63. The molecule has 1 aromatic heterocycles. The van der Waals surface area contributed by atoms with Crippen LogP contribution in [0.4, 0.5) is 0 Å². The maximum absolute atomic E-state index is 12.7. The van der Waals surface area contributed by atoms with Crippen LogP contribution in [0, 0.1) is 13.8 Å². The van der Waals surface area contributed by atoms with Crippen LogP contribution in [0.25, 0.3) is 0 Å². The number of carbonyl (C=O) groups excluding carboxylic acids is 1. The molecular weight excluding hydrogens is 424 g/mol. The minimum atomic E-state index is -3.70. The van der Waals surface area contributed by atoms with E-state index >= 15 is 0 Å². The summed E-state index contributed by atoms with van der Waals surface area (Å²) in [6.45, 7) is 9.81. The number of carbonyl (C=O) groups is 1. The Labute approximate surface area is 190 Å². The summed E-state index contributed by atoms with van der Waals surface area (Å²) in [7, 11) is -3.70. The van der Waals surface area contributed by atoms with Crippen LogP contribution in [0.15, 0.2) is 59.5 Å². The van der Waals surface area contributed by atoms with Crippen molar-refractivity contribution in [3.63, 3.8) is 0 Å². The molecule has 0 unspecified atom stereocenters. The van der Waals surface area contributed by atoms with Gasteiger partial charge in [0.25, 0.3) is 5.91 Å². The molecule has 3 rings (SSSR count). The van der Waals surface area contributed by atoms with E-state index in [1.807, 2.05) is 62.7 Å². The van der Waals surface area contributed by atoms with Gasteiger partial charge < -0.3 is 4.90 Å². The molecule has 0 aliphatic carbocycles. The minimum absolute atomic E-state index is 0.105. The number of sulfonamides is 1. The largest absolute Gasteiger partial charge is 0.339 e. The van der Waals surface area contributed by atoms with Gasteiger partial charge in [0, 0.05) is 30.9 Å². The molecule has 32 heavy (non-hydrogen) atoms. The molecule has 7 nitrogen and oxygen atoms in total. The van der Waals surface area contributed by atoms with Crippen molar-refractivity contribution in [2.75, 3.05) is 13.1 Å². The maximum atomic E-state index is 12.7. The highest BCUT2D eigenvalue weighted by Crippen LogP contribution is 2.14. The molecule has 0 saturated heterocycles. The molecule has 0 aliphatic heterocycles. The van der Waals surface area contributed by atoms with E-state index in [0.29, 0.717) is 25.2 Å². The number of nitrogens with zero attached hydrogens (tertiary/aromatic N) is 3. The Hall–Kier alpha value is -2.97. The fourth-order valence-corrected chi connectivity index (χ4v) is 4.60. The van der Waals surface area contributed by atoms with Gasteiger partial charge >= 0.3 is 0 Å². The van der Waals surface area contributed by atoms with Crippen LogP contribution in [0.1, 0.15) is 46.7 Å². The second kappa shape index (κ2) is 10.1. The quantitative estimate of drug-likeness (QED) is 0.536. The van der Waals surface area contributed by atoms with E-state index in [1.165, 1.54) is 12.1 Å². The average molecular weight is 455 g/mol. The third-order valence-corrected chi connectivity index (χ3v) is 6.77. The van der Waals surface area contributed by atoms with Crippen LogP contribution in [-0.4, -0.2) is 42.1 Å². The number of amides is 1. The highest BCUT2D eigenvalue weighted by atomic mass is 32.2. The van der Waals surface area contributed by atoms with Gasteiger partial charge in [-0.3, -0.25) is 9.48 Å². The normalized spacial score (nSPS) is 11.5. The van der Waals surface area contributed by atoms with E-state index in [9.17, 15) is 13.2 Å². The van der Waals surface area contributed by atoms with Gasteiger partial charge in [-0.15, -0.1) is 0 Å². The van der Waals surface area contributed by atoms with E-state index in [1.54, 1.807) is 17.0 Å². The van der Waals surface area contributed by atoms with Gasteiger partial charge in [-0.1, -0.05) is 24.3 Å². The summed E-state index contributed by atoms with van der Waals surface area (Å²) >= 11 is 0. The zero-order chi connectivity index (χ0) is 23.3. The number of nitrogens with one attached hydrogen (secondary N) is 1. The lowest BCUT2D eigenvalue weighted by Crippen LogP contribution is -2.30.